The third kappa shape index (κ3) is 3.92. The Morgan fingerprint density at radius 1 is 1.50 bits per heavy atom. The second-order valence-corrected chi connectivity index (χ2v) is 4.03. The van der Waals surface area contributed by atoms with Crippen LogP contribution < -0.4 is 10.1 Å². The number of benzene rings is 1. The van der Waals surface area contributed by atoms with Crippen LogP contribution >= 0.6 is 0 Å². The zero-order valence-electron chi connectivity index (χ0n) is 11.1. The number of carbonyl (C=O) groups excluding carboxylic acids is 1. The minimum Gasteiger partial charge on any atom is -0.507 e. The topological polar surface area (TPSA) is 61.8 Å². The molecule has 1 aromatic rings. The van der Waals surface area contributed by atoms with Crippen LogP contribution in [-0.4, -0.2) is 49.7 Å². The fourth-order valence-corrected chi connectivity index (χ4v) is 1.44. The van der Waals surface area contributed by atoms with Crippen molar-refractivity contribution in [1.29, 1.82) is 0 Å². The first-order valence-corrected chi connectivity index (χ1v) is 5.92. The van der Waals surface area contributed by atoms with E-state index in [1.54, 1.807) is 12.1 Å². The van der Waals surface area contributed by atoms with Crippen molar-refractivity contribution in [2.24, 2.45) is 0 Å². The van der Waals surface area contributed by atoms with Crippen LogP contribution in [0.4, 0.5) is 0 Å². The van der Waals surface area contributed by atoms with Crippen LogP contribution in [0.2, 0.25) is 0 Å². The van der Waals surface area contributed by atoms with Gasteiger partial charge in [0.1, 0.15) is 11.5 Å². The highest BCUT2D eigenvalue weighted by Crippen LogP contribution is 2.22. The van der Waals surface area contributed by atoms with Gasteiger partial charge in [-0.3, -0.25) is 4.79 Å². The standard InChI is InChI=1S/C13H20N2O3/c1-4-15(2)8-7-14-13(17)11-6-5-10(18-3)9-12(11)16/h5-6,9,16H,4,7-8H2,1-3H3,(H,14,17). The molecule has 0 unspecified atom stereocenters. The molecule has 0 aromatic heterocycles. The van der Waals surface area contributed by atoms with E-state index in [1.807, 2.05) is 7.05 Å². The summed E-state index contributed by atoms with van der Waals surface area (Å²) in [5.74, 6) is 0.171. The van der Waals surface area contributed by atoms with Crippen molar-refractivity contribution in [2.45, 2.75) is 6.92 Å². The Hall–Kier alpha value is -1.75. The van der Waals surface area contributed by atoms with E-state index in [1.165, 1.54) is 13.2 Å². The third-order valence-electron chi connectivity index (χ3n) is 2.77. The van der Waals surface area contributed by atoms with Crippen molar-refractivity contribution >= 4 is 5.91 Å². The molecule has 1 aromatic carbocycles. The number of amides is 1. The van der Waals surface area contributed by atoms with Gasteiger partial charge < -0.3 is 20.1 Å². The molecule has 1 amide bonds. The largest absolute Gasteiger partial charge is 0.507 e. The molecule has 0 fully saturated rings. The summed E-state index contributed by atoms with van der Waals surface area (Å²) in [5.41, 5.74) is 0.259. The molecule has 0 atom stereocenters. The number of phenols is 1. The van der Waals surface area contributed by atoms with E-state index in [9.17, 15) is 9.90 Å². The lowest BCUT2D eigenvalue weighted by Crippen LogP contribution is -2.32. The summed E-state index contributed by atoms with van der Waals surface area (Å²) in [4.78, 5) is 13.9. The Labute approximate surface area is 107 Å². The van der Waals surface area contributed by atoms with Crippen LogP contribution in [0.15, 0.2) is 18.2 Å². The van der Waals surface area contributed by atoms with E-state index < -0.39 is 0 Å². The number of aromatic hydroxyl groups is 1. The molecular formula is C13H20N2O3. The molecule has 100 valence electrons. The molecule has 0 spiro atoms. The van der Waals surface area contributed by atoms with Crippen molar-refractivity contribution in [3.8, 4) is 11.5 Å². The summed E-state index contributed by atoms with van der Waals surface area (Å²) in [7, 11) is 3.49. The van der Waals surface area contributed by atoms with Gasteiger partial charge in [-0.1, -0.05) is 6.92 Å². The number of hydrogen-bond acceptors (Lipinski definition) is 4. The first kappa shape index (κ1) is 14.3. The molecule has 0 aliphatic rings. The molecule has 0 aliphatic heterocycles. The van der Waals surface area contributed by atoms with Gasteiger partial charge in [0.15, 0.2) is 0 Å². The average Bonchev–Trinajstić information content (AvgIpc) is 2.37. The monoisotopic (exact) mass is 252 g/mol. The van der Waals surface area contributed by atoms with Gasteiger partial charge in [0, 0.05) is 19.2 Å². The summed E-state index contributed by atoms with van der Waals surface area (Å²) in [5, 5.41) is 12.5. The van der Waals surface area contributed by atoms with Crippen molar-refractivity contribution in [3.05, 3.63) is 23.8 Å². The number of likely N-dealkylation sites (N-methyl/N-ethyl adjacent to an activating group) is 1. The number of nitrogens with one attached hydrogen (secondary N) is 1. The van der Waals surface area contributed by atoms with Gasteiger partial charge in [0.05, 0.1) is 12.7 Å². The maximum atomic E-state index is 11.8. The van der Waals surface area contributed by atoms with Crippen LogP contribution in [0.5, 0.6) is 11.5 Å². The van der Waals surface area contributed by atoms with Gasteiger partial charge >= 0.3 is 0 Å². The average molecular weight is 252 g/mol. The lowest BCUT2D eigenvalue weighted by atomic mass is 10.2. The van der Waals surface area contributed by atoms with Crippen molar-refractivity contribution in [1.82, 2.24) is 10.2 Å². The molecule has 5 nitrogen and oxygen atoms in total. The highest BCUT2D eigenvalue weighted by Gasteiger charge is 2.11. The summed E-state index contributed by atoms with van der Waals surface area (Å²) >= 11 is 0. The molecule has 0 bridgehead atoms. The molecule has 18 heavy (non-hydrogen) atoms. The second kappa shape index (κ2) is 6.86. The van der Waals surface area contributed by atoms with Gasteiger partial charge in [-0.15, -0.1) is 0 Å². The van der Waals surface area contributed by atoms with Crippen LogP contribution in [0.3, 0.4) is 0 Å². The summed E-state index contributed by atoms with van der Waals surface area (Å²) < 4.78 is 4.96. The summed E-state index contributed by atoms with van der Waals surface area (Å²) in [6.45, 7) is 4.31. The predicted octanol–water partition coefficient (Wildman–Crippen LogP) is 1.08. The number of ether oxygens (including phenoxy) is 1. The molecule has 0 heterocycles. The summed E-state index contributed by atoms with van der Waals surface area (Å²) in [6, 6.07) is 4.62. The first-order valence-electron chi connectivity index (χ1n) is 5.92. The number of methoxy groups -OCH3 is 1. The van der Waals surface area contributed by atoms with Gasteiger partial charge in [0.25, 0.3) is 5.91 Å². The van der Waals surface area contributed by atoms with Crippen LogP contribution in [-0.2, 0) is 0 Å². The maximum absolute atomic E-state index is 11.8. The second-order valence-electron chi connectivity index (χ2n) is 4.03. The normalized spacial score (nSPS) is 10.4. The van der Waals surface area contributed by atoms with Gasteiger partial charge in [-0.25, -0.2) is 0 Å². The molecule has 0 aliphatic carbocycles. The number of nitrogens with zero attached hydrogens (tertiary/aromatic N) is 1. The Morgan fingerprint density at radius 2 is 2.22 bits per heavy atom. The molecular weight excluding hydrogens is 232 g/mol. The Balaban J connectivity index is 2.56. The Bertz CT molecular complexity index is 407. The lowest BCUT2D eigenvalue weighted by molar-refractivity contribution is 0.0947. The van der Waals surface area contributed by atoms with Crippen LogP contribution in [0, 0.1) is 0 Å². The Morgan fingerprint density at radius 3 is 2.78 bits per heavy atom. The maximum Gasteiger partial charge on any atom is 0.255 e. The zero-order chi connectivity index (χ0) is 13.5. The highest BCUT2D eigenvalue weighted by molar-refractivity contribution is 5.96. The quantitative estimate of drug-likeness (QED) is 0.795. The number of carbonyl (C=O) groups is 1. The van der Waals surface area contributed by atoms with E-state index in [0.29, 0.717) is 12.3 Å². The fraction of sp³-hybridized carbons (Fsp3) is 0.462. The first-order chi connectivity index (χ1) is 8.58. The minimum atomic E-state index is -0.278. The minimum absolute atomic E-state index is 0.0734. The van der Waals surface area contributed by atoms with E-state index in [2.05, 4.69) is 17.1 Å². The molecule has 2 N–H and O–H groups in total. The SMILES string of the molecule is CCN(C)CCNC(=O)c1ccc(OC)cc1O. The molecule has 0 saturated carbocycles. The smallest absolute Gasteiger partial charge is 0.255 e. The lowest BCUT2D eigenvalue weighted by Gasteiger charge is -2.14. The Kier molecular flexibility index (Phi) is 5.45. The number of hydrogen-bond donors (Lipinski definition) is 2. The molecule has 0 saturated heterocycles. The van der Waals surface area contributed by atoms with E-state index in [4.69, 9.17) is 4.74 Å². The van der Waals surface area contributed by atoms with E-state index in [-0.39, 0.29) is 17.2 Å². The molecule has 0 radical (unpaired) electrons. The van der Waals surface area contributed by atoms with Gasteiger partial charge in [-0.2, -0.15) is 0 Å². The van der Waals surface area contributed by atoms with Gasteiger partial charge in [0.2, 0.25) is 0 Å². The third-order valence-corrected chi connectivity index (χ3v) is 2.77. The van der Waals surface area contributed by atoms with Crippen molar-refractivity contribution in [3.63, 3.8) is 0 Å². The molecule has 5 heteroatoms. The van der Waals surface area contributed by atoms with Crippen molar-refractivity contribution < 1.29 is 14.6 Å². The summed E-state index contributed by atoms with van der Waals surface area (Å²) in [6.07, 6.45) is 0. The van der Waals surface area contributed by atoms with Gasteiger partial charge in [-0.05, 0) is 25.7 Å². The number of phenolic OH excluding ortho intramolecular Hbond substituents is 1. The predicted molar refractivity (Wildman–Crippen MR) is 70.2 cm³/mol. The van der Waals surface area contributed by atoms with Crippen LogP contribution in [0.1, 0.15) is 17.3 Å². The fourth-order valence-electron chi connectivity index (χ4n) is 1.44. The van der Waals surface area contributed by atoms with E-state index >= 15 is 0 Å². The highest BCUT2D eigenvalue weighted by atomic mass is 16.5. The molecule has 1 rings (SSSR count). The number of rotatable bonds is 6. The van der Waals surface area contributed by atoms with E-state index in [0.717, 1.165) is 13.1 Å². The van der Waals surface area contributed by atoms with Crippen LogP contribution in [0.25, 0.3) is 0 Å². The van der Waals surface area contributed by atoms with Crippen molar-refractivity contribution in [2.75, 3.05) is 33.8 Å². The zero-order valence-corrected chi connectivity index (χ0v) is 11.1.